The number of hydrogen-bond acceptors (Lipinski definition) is 4. The average molecular weight is 469 g/mol. The summed E-state index contributed by atoms with van der Waals surface area (Å²) in [5.74, 6) is 0. The lowest BCUT2D eigenvalue weighted by molar-refractivity contribution is -0.156. The number of nitrogens with one attached hydrogen (secondary N) is 2. The van der Waals surface area contributed by atoms with Crippen molar-refractivity contribution in [3.63, 3.8) is 0 Å². The lowest BCUT2D eigenvalue weighted by Gasteiger charge is -2.35. The van der Waals surface area contributed by atoms with Gasteiger partial charge in [-0.05, 0) is 38.5 Å². The summed E-state index contributed by atoms with van der Waals surface area (Å²) in [6.45, 7) is 8.28. The van der Waals surface area contributed by atoms with Crippen LogP contribution in [0.4, 0.5) is 0 Å². The third kappa shape index (κ3) is 20.1. The predicted molar refractivity (Wildman–Crippen MR) is 140 cm³/mol. The molecule has 1 unspecified atom stereocenters. The molecule has 0 saturated heterocycles. The highest BCUT2D eigenvalue weighted by atomic mass is 31.1. The lowest BCUT2D eigenvalue weighted by Crippen LogP contribution is -2.47. The first-order valence-corrected chi connectivity index (χ1v) is 14.8. The first kappa shape index (κ1) is 31.5. The van der Waals surface area contributed by atoms with E-state index in [1.54, 1.807) is 0 Å². The van der Waals surface area contributed by atoms with Crippen LogP contribution in [-0.4, -0.2) is 30.0 Å². The Labute approximate surface area is 200 Å². The third-order valence-corrected chi connectivity index (χ3v) is 7.16. The van der Waals surface area contributed by atoms with Crippen molar-refractivity contribution >= 4 is 7.94 Å². The van der Waals surface area contributed by atoms with Gasteiger partial charge in [0.25, 0.3) is 0 Å². The summed E-state index contributed by atoms with van der Waals surface area (Å²) in [6, 6.07) is 0. The molecule has 0 aromatic rings. The number of unbranched alkanes of at least 4 members (excludes halogenated alkanes) is 14. The molecule has 0 bridgehead atoms. The minimum absolute atomic E-state index is 0.0668. The van der Waals surface area contributed by atoms with Crippen molar-refractivity contribution in [3.8, 4) is 0 Å². The van der Waals surface area contributed by atoms with Crippen LogP contribution >= 0.6 is 7.94 Å². The molecule has 32 heavy (non-hydrogen) atoms. The van der Waals surface area contributed by atoms with Crippen molar-refractivity contribution in [2.24, 2.45) is 0 Å². The van der Waals surface area contributed by atoms with Gasteiger partial charge in [0.2, 0.25) is 0 Å². The molecule has 0 aromatic heterocycles. The number of rotatable bonds is 26. The summed E-state index contributed by atoms with van der Waals surface area (Å²) in [4.78, 5) is 11.5. The van der Waals surface area contributed by atoms with Gasteiger partial charge >= 0.3 is 0 Å². The first-order valence-electron chi connectivity index (χ1n) is 13.3. The standard InChI is InChI=1S/C27H53N2O2P/c1-3-5-7-9-11-13-15-17-19-21-27(29-24-25-30,23-26-32(28)31)22-20-18-16-14-12-10-8-6-4-2/h3-4,28-30H,1-2,5-26H2. The van der Waals surface area contributed by atoms with Crippen LogP contribution in [0.15, 0.2) is 25.3 Å². The molecule has 4 nitrogen and oxygen atoms in total. The van der Waals surface area contributed by atoms with Crippen LogP contribution < -0.4 is 10.2 Å². The molecule has 0 aromatic carbocycles. The monoisotopic (exact) mass is 468 g/mol. The van der Waals surface area contributed by atoms with E-state index in [1.165, 1.54) is 89.9 Å². The summed E-state index contributed by atoms with van der Waals surface area (Å²) >= 11 is 0. The third-order valence-electron chi connectivity index (χ3n) is 6.53. The van der Waals surface area contributed by atoms with E-state index in [1.807, 2.05) is 12.2 Å². The molecule has 0 rings (SSSR count). The van der Waals surface area contributed by atoms with Crippen molar-refractivity contribution in [1.29, 1.82) is 5.16 Å². The molecule has 0 heterocycles. The highest BCUT2D eigenvalue weighted by Crippen LogP contribution is 2.30. The van der Waals surface area contributed by atoms with E-state index in [9.17, 15) is 10.00 Å². The van der Waals surface area contributed by atoms with Crippen molar-refractivity contribution < 1.29 is 10.00 Å². The molecular formula is C27H53N2O2P. The van der Waals surface area contributed by atoms with Gasteiger partial charge in [0.15, 0.2) is 7.94 Å². The average Bonchev–Trinajstić information content (AvgIpc) is 2.79. The molecule has 3 N–H and O–H groups in total. The molecule has 0 amide bonds. The fourth-order valence-electron chi connectivity index (χ4n) is 4.55. The fourth-order valence-corrected chi connectivity index (χ4v) is 5.18. The molecule has 0 spiro atoms. The molecule has 0 aliphatic heterocycles. The van der Waals surface area contributed by atoms with E-state index >= 15 is 0 Å². The maximum Gasteiger partial charge on any atom is 0.159 e. The van der Waals surface area contributed by atoms with E-state index in [0.717, 1.165) is 32.1 Å². The normalized spacial score (nSPS) is 12.1. The van der Waals surface area contributed by atoms with Crippen molar-refractivity contribution in [1.82, 2.24) is 5.32 Å². The number of aliphatic hydroxyl groups excluding tert-OH is 1. The number of β-amino-alcohol motifs (C(OH)–C–C–N with tert-alkyl or cyclic N) is 1. The van der Waals surface area contributed by atoms with Gasteiger partial charge in [-0.3, -0.25) is 0 Å². The van der Waals surface area contributed by atoms with E-state index in [0.29, 0.717) is 12.7 Å². The molecule has 0 aliphatic carbocycles. The van der Waals surface area contributed by atoms with Crippen molar-refractivity contribution in [3.05, 3.63) is 25.3 Å². The van der Waals surface area contributed by atoms with Gasteiger partial charge in [-0.25, -0.2) is 0 Å². The van der Waals surface area contributed by atoms with Gasteiger partial charge in [0, 0.05) is 18.5 Å². The van der Waals surface area contributed by atoms with Crippen molar-refractivity contribution in [2.75, 3.05) is 19.3 Å². The van der Waals surface area contributed by atoms with Gasteiger partial charge in [0.05, 0.1) is 6.61 Å². The zero-order chi connectivity index (χ0) is 23.8. The maximum absolute atomic E-state index is 11.5. The van der Waals surface area contributed by atoms with Crippen LogP contribution in [0.3, 0.4) is 0 Å². The highest BCUT2D eigenvalue weighted by Gasteiger charge is 2.29. The van der Waals surface area contributed by atoms with E-state index < -0.39 is 7.94 Å². The van der Waals surface area contributed by atoms with Gasteiger partial charge in [-0.2, -0.15) is 0 Å². The van der Waals surface area contributed by atoms with Gasteiger partial charge < -0.3 is 15.3 Å². The Morgan fingerprint density at radius 2 is 1.12 bits per heavy atom. The predicted octanol–water partition coefficient (Wildman–Crippen LogP) is 7.61. The topological polar surface area (TPSA) is 79.2 Å². The zero-order valence-corrected chi connectivity index (χ0v) is 21.8. The maximum atomic E-state index is 11.5. The number of allylic oxidation sites excluding steroid dienone is 2. The van der Waals surface area contributed by atoms with Crippen LogP contribution in [0.5, 0.6) is 0 Å². The molecule has 0 saturated carbocycles. The molecule has 0 radical (unpaired) electrons. The second-order valence-electron chi connectivity index (χ2n) is 9.39. The Balaban J connectivity index is 4.37. The van der Waals surface area contributed by atoms with Gasteiger partial charge in [0.1, 0.15) is 6.16 Å². The van der Waals surface area contributed by atoms with Crippen LogP contribution in [0.25, 0.3) is 0 Å². The lowest BCUT2D eigenvalue weighted by atomic mass is 9.83. The summed E-state index contributed by atoms with van der Waals surface area (Å²) in [7, 11) is -1.86. The molecular weight excluding hydrogens is 415 g/mol. The van der Waals surface area contributed by atoms with E-state index in [2.05, 4.69) is 18.5 Å². The quantitative estimate of drug-likeness (QED) is 0.0694. The smallest absolute Gasteiger partial charge is 0.159 e. The molecule has 5 heteroatoms. The Kier molecular flexibility index (Phi) is 23.2. The summed E-state index contributed by atoms with van der Waals surface area (Å²) in [5, 5.41) is 20.5. The highest BCUT2D eigenvalue weighted by molar-refractivity contribution is 7.37. The second kappa shape index (κ2) is 23.6. The van der Waals surface area contributed by atoms with Gasteiger partial charge in [-0.15, -0.1) is 18.3 Å². The molecule has 188 valence electrons. The van der Waals surface area contributed by atoms with Crippen LogP contribution in [-0.2, 0) is 0 Å². The Morgan fingerprint density at radius 3 is 1.50 bits per heavy atom. The summed E-state index contributed by atoms with van der Waals surface area (Å²) in [5.41, 5.74) is -0.0668. The van der Waals surface area contributed by atoms with Crippen LogP contribution in [0, 0.1) is 5.16 Å². The number of aliphatic hydroxyl groups is 1. The minimum atomic E-state index is -1.86. The molecule has 1 atom stereocenters. The fraction of sp³-hybridized carbons (Fsp3) is 0.852. The summed E-state index contributed by atoms with van der Waals surface area (Å²) < 4.78 is 0. The Bertz CT molecular complexity index is 431. The summed E-state index contributed by atoms with van der Waals surface area (Å²) in [6.07, 6.45) is 27.4. The number of hydrogen-bond donors (Lipinski definition) is 3. The molecule has 0 aliphatic rings. The van der Waals surface area contributed by atoms with E-state index in [-0.39, 0.29) is 12.1 Å². The van der Waals surface area contributed by atoms with Gasteiger partial charge in [-0.1, -0.05) is 89.2 Å². The SMILES string of the molecule is C=CCCCCCCCCCC(CCCCCCCCCC=C)(CC[P+](=N)[O-])NCCO. The van der Waals surface area contributed by atoms with Crippen LogP contribution in [0.2, 0.25) is 0 Å². The Morgan fingerprint density at radius 1 is 0.719 bits per heavy atom. The Hall–Kier alpha value is -0.540. The van der Waals surface area contributed by atoms with Crippen LogP contribution in [0.1, 0.15) is 122 Å². The van der Waals surface area contributed by atoms with E-state index in [4.69, 9.17) is 5.16 Å². The second-order valence-corrected chi connectivity index (χ2v) is 10.6. The minimum Gasteiger partial charge on any atom is -0.612 e. The van der Waals surface area contributed by atoms with Crippen molar-refractivity contribution in [2.45, 2.75) is 128 Å². The first-order chi connectivity index (χ1) is 15.6. The largest absolute Gasteiger partial charge is 0.612 e. The molecule has 0 fully saturated rings. The zero-order valence-electron chi connectivity index (χ0n) is 20.9.